The Morgan fingerprint density at radius 3 is 2.57 bits per heavy atom. The van der Waals surface area contributed by atoms with Crippen LogP contribution < -0.4 is 0 Å². The Balaban J connectivity index is 2.20. The molecule has 1 heterocycles. The zero-order chi connectivity index (χ0) is 16.4. The van der Waals surface area contributed by atoms with Crippen LogP contribution in [0.1, 0.15) is 27.6 Å². The van der Waals surface area contributed by atoms with Crippen LogP contribution in [0.3, 0.4) is 0 Å². The van der Waals surface area contributed by atoms with Gasteiger partial charge in [0.15, 0.2) is 5.78 Å². The minimum absolute atomic E-state index is 0.0319. The molecular formula is C17H13Br2N3O. The van der Waals surface area contributed by atoms with Gasteiger partial charge in [-0.25, -0.2) is 0 Å². The zero-order valence-corrected chi connectivity index (χ0v) is 15.5. The third-order valence-electron chi connectivity index (χ3n) is 3.49. The Kier molecular flexibility index (Phi) is 4.73. The van der Waals surface area contributed by atoms with E-state index < -0.39 is 0 Å². The number of hydrogen-bond acceptors (Lipinski definition) is 3. The quantitative estimate of drug-likeness (QED) is 0.449. The van der Waals surface area contributed by atoms with Gasteiger partial charge < -0.3 is 0 Å². The van der Waals surface area contributed by atoms with Crippen LogP contribution in [-0.2, 0) is 5.33 Å². The van der Waals surface area contributed by atoms with Gasteiger partial charge in [-0.05, 0) is 25.1 Å². The summed E-state index contributed by atoms with van der Waals surface area (Å²) in [5, 5.41) is 8.83. The number of ketones is 1. The van der Waals surface area contributed by atoms with Gasteiger partial charge in [0.05, 0.1) is 11.0 Å². The molecule has 0 spiro atoms. The van der Waals surface area contributed by atoms with E-state index in [4.69, 9.17) is 0 Å². The van der Waals surface area contributed by atoms with Crippen molar-refractivity contribution >= 4 is 37.6 Å². The molecule has 3 rings (SSSR count). The van der Waals surface area contributed by atoms with Gasteiger partial charge in [-0.1, -0.05) is 62.2 Å². The number of nitrogens with zero attached hydrogens (tertiary/aromatic N) is 3. The maximum atomic E-state index is 12.9. The van der Waals surface area contributed by atoms with Crippen molar-refractivity contribution in [3.8, 4) is 5.69 Å². The van der Waals surface area contributed by atoms with Crippen LogP contribution in [0.25, 0.3) is 5.69 Å². The average Bonchev–Trinajstić information content (AvgIpc) is 2.95. The second-order valence-electron chi connectivity index (χ2n) is 4.99. The molecule has 0 saturated carbocycles. The van der Waals surface area contributed by atoms with E-state index >= 15 is 0 Å². The van der Waals surface area contributed by atoms with Crippen molar-refractivity contribution in [3.63, 3.8) is 0 Å². The highest BCUT2D eigenvalue weighted by Crippen LogP contribution is 2.25. The number of carbonyl (C=O) groups excluding carboxylic acids is 1. The monoisotopic (exact) mass is 433 g/mol. The van der Waals surface area contributed by atoms with Crippen molar-refractivity contribution in [1.82, 2.24) is 14.8 Å². The first-order valence-electron chi connectivity index (χ1n) is 6.98. The van der Waals surface area contributed by atoms with Gasteiger partial charge in [0, 0.05) is 15.6 Å². The maximum absolute atomic E-state index is 12.9. The number of benzene rings is 2. The molecule has 1 aromatic heterocycles. The number of rotatable bonds is 4. The molecule has 0 N–H and O–H groups in total. The lowest BCUT2D eigenvalue weighted by atomic mass is 10.0. The third kappa shape index (κ3) is 3.14. The van der Waals surface area contributed by atoms with Crippen molar-refractivity contribution in [2.45, 2.75) is 12.3 Å². The van der Waals surface area contributed by atoms with Crippen LogP contribution in [0.15, 0.2) is 53.0 Å². The van der Waals surface area contributed by atoms with Crippen LogP contribution in [-0.4, -0.2) is 20.5 Å². The Bertz CT molecular complexity index is 860. The number of hydrogen-bond donors (Lipinski definition) is 0. The van der Waals surface area contributed by atoms with E-state index in [9.17, 15) is 4.79 Å². The summed E-state index contributed by atoms with van der Waals surface area (Å²) >= 11 is 6.88. The van der Waals surface area contributed by atoms with Gasteiger partial charge in [0.25, 0.3) is 0 Å². The summed E-state index contributed by atoms with van der Waals surface area (Å²) in [7, 11) is 0. The molecule has 0 aliphatic carbocycles. The van der Waals surface area contributed by atoms with Crippen LogP contribution in [0.2, 0.25) is 0 Å². The Morgan fingerprint density at radius 2 is 1.87 bits per heavy atom. The molecule has 0 aliphatic rings. The SMILES string of the molecule is Cc1nnc(CBr)n1-c1ccc(Br)cc1C(=O)c1ccccc1. The second kappa shape index (κ2) is 6.76. The number of aromatic nitrogens is 3. The first-order valence-corrected chi connectivity index (χ1v) is 8.90. The standard InChI is InChI=1S/C17H13Br2N3O/c1-11-20-21-16(10-18)22(11)15-8-7-13(19)9-14(15)17(23)12-5-3-2-4-6-12/h2-9H,10H2,1H3. The topological polar surface area (TPSA) is 47.8 Å². The summed E-state index contributed by atoms with van der Waals surface area (Å²) in [6, 6.07) is 14.9. The highest BCUT2D eigenvalue weighted by Gasteiger charge is 2.19. The molecule has 0 bridgehead atoms. The molecule has 0 amide bonds. The average molecular weight is 435 g/mol. The number of alkyl halides is 1. The Labute approximate surface area is 150 Å². The lowest BCUT2D eigenvalue weighted by Crippen LogP contribution is -2.10. The van der Waals surface area contributed by atoms with E-state index in [0.29, 0.717) is 16.5 Å². The lowest BCUT2D eigenvalue weighted by molar-refractivity contribution is 0.103. The van der Waals surface area contributed by atoms with Gasteiger partial charge in [-0.15, -0.1) is 10.2 Å². The molecule has 0 unspecified atom stereocenters. The molecule has 0 radical (unpaired) electrons. The third-order valence-corrected chi connectivity index (χ3v) is 4.49. The minimum Gasteiger partial charge on any atom is -0.289 e. The van der Waals surface area contributed by atoms with Gasteiger partial charge in [0.1, 0.15) is 11.6 Å². The Hall–Kier alpha value is -1.79. The van der Waals surface area contributed by atoms with Gasteiger partial charge in [-0.3, -0.25) is 9.36 Å². The predicted octanol–water partition coefficient (Wildman–Crippen LogP) is 4.46. The van der Waals surface area contributed by atoms with E-state index in [1.165, 1.54) is 0 Å². The van der Waals surface area contributed by atoms with Crippen molar-refractivity contribution in [2.24, 2.45) is 0 Å². The smallest absolute Gasteiger partial charge is 0.195 e. The fraction of sp³-hybridized carbons (Fsp3) is 0.118. The minimum atomic E-state index is -0.0319. The highest BCUT2D eigenvalue weighted by atomic mass is 79.9. The summed E-state index contributed by atoms with van der Waals surface area (Å²) in [5.41, 5.74) is 2.03. The van der Waals surface area contributed by atoms with Crippen molar-refractivity contribution in [1.29, 1.82) is 0 Å². The molecule has 2 aromatic carbocycles. The zero-order valence-electron chi connectivity index (χ0n) is 12.3. The Morgan fingerprint density at radius 1 is 1.13 bits per heavy atom. The van der Waals surface area contributed by atoms with E-state index in [1.54, 1.807) is 0 Å². The molecule has 23 heavy (non-hydrogen) atoms. The molecule has 4 nitrogen and oxygen atoms in total. The second-order valence-corrected chi connectivity index (χ2v) is 6.47. The molecular weight excluding hydrogens is 422 g/mol. The summed E-state index contributed by atoms with van der Waals surface area (Å²) in [6.45, 7) is 1.87. The molecule has 116 valence electrons. The van der Waals surface area contributed by atoms with Crippen LogP contribution in [0.4, 0.5) is 0 Å². The van der Waals surface area contributed by atoms with E-state index in [-0.39, 0.29) is 5.78 Å². The molecule has 0 aliphatic heterocycles. The van der Waals surface area contributed by atoms with Crippen molar-refractivity contribution < 1.29 is 4.79 Å². The highest BCUT2D eigenvalue weighted by molar-refractivity contribution is 9.10. The molecule has 6 heteroatoms. The molecule has 3 aromatic rings. The summed E-state index contributed by atoms with van der Waals surface area (Å²) in [4.78, 5) is 12.9. The van der Waals surface area contributed by atoms with Gasteiger partial charge in [-0.2, -0.15) is 0 Å². The lowest BCUT2D eigenvalue weighted by Gasteiger charge is -2.13. The van der Waals surface area contributed by atoms with E-state index in [2.05, 4.69) is 42.1 Å². The summed E-state index contributed by atoms with van der Waals surface area (Å²) < 4.78 is 2.75. The first-order chi connectivity index (χ1) is 11.1. The summed E-state index contributed by atoms with van der Waals surface area (Å²) in [6.07, 6.45) is 0. The fourth-order valence-corrected chi connectivity index (χ4v) is 3.16. The molecule has 0 fully saturated rings. The maximum Gasteiger partial charge on any atom is 0.195 e. The van der Waals surface area contributed by atoms with E-state index in [1.807, 2.05) is 60.0 Å². The molecule has 0 atom stereocenters. The predicted molar refractivity (Wildman–Crippen MR) is 96.3 cm³/mol. The van der Waals surface area contributed by atoms with Crippen LogP contribution in [0, 0.1) is 6.92 Å². The van der Waals surface area contributed by atoms with Crippen molar-refractivity contribution in [3.05, 3.63) is 75.8 Å². The normalized spacial score (nSPS) is 10.7. The van der Waals surface area contributed by atoms with Crippen LogP contribution in [0.5, 0.6) is 0 Å². The molecule has 0 saturated heterocycles. The van der Waals surface area contributed by atoms with Crippen LogP contribution >= 0.6 is 31.9 Å². The first kappa shape index (κ1) is 16.1. The number of carbonyl (C=O) groups is 1. The van der Waals surface area contributed by atoms with Crippen molar-refractivity contribution in [2.75, 3.05) is 0 Å². The van der Waals surface area contributed by atoms with Gasteiger partial charge in [0.2, 0.25) is 0 Å². The summed E-state index contributed by atoms with van der Waals surface area (Å²) in [5.74, 6) is 1.46. The largest absolute Gasteiger partial charge is 0.289 e. The number of aryl methyl sites for hydroxylation is 1. The fourth-order valence-electron chi connectivity index (χ4n) is 2.44. The van der Waals surface area contributed by atoms with E-state index in [0.717, 1.165) is 21.8 Å². The number of halogens is 2. The van der Waals surface area contributed by atoms with Gasteiger partial charge >= 0.3 is 0 Å².